The average molecular weight is 309 g/mol. The summed E-state index contributed by atoms with van der Waals surface area (Å²) in [5.41, 5.74) is 5.42. The first-order valence-electron chi connectivity index (χ1n) is 8.47. The zero-order chi connectivity index (χ0) is 14.9. The molecule has 1 heterocycles. The molecule has 0 aromatic rings. The molecule has 118 valence electrons. The van der Waals surface area contributed by atoms with Crippen molar-refractivity contribution in [3.63, 3.8) is 0 Å². The second-order valence-corrected chi connectivity index (χ2v) is 7.36. The van der Waals surface area contributed by atoms with Crippen LogP contribution in [0.4, 0.5) is 0 Å². The van der Waals surface area contributed by atoms with Gasteiger partial charge in [-0.3, -0.25) is 9.69 Å². The van der Waals surface area contributed by atoms with Crippen LogP contribution in [0.5, 0.6) is 0 Å². The van der Waals surface area contributed by atoms with Gasteiger partial charge in [-0.1, -0.05) is 37.9 Å². The maximum Gasteiger partial charge on any atom is 0.235 e. The number of piperazine rings is 1. The third-order valence-corrected chi connectivity index (χ3v) is 6.17. The van der Waals surface area contributed by atoms with E-state index in [4.69, 9.17) is 18.0 Å². The van der Waals surface area contributed by atoms with Crippen LogP contribution in [0.2, 0.25) is 0 Å². The van der Waals surface area contributed by atoms with Crippen LogP contribution in [-0.2, 0) is 4.79 Å². The average Bonchev–Trinajstić information content (AvgIpc) is 3.18. The smallest absolute Gasteiger partial charge is 0.235 e. The molecule has 5 heteroatoms. The van der Waals surface area contributed by atoms with Crippen molar-refractivity contribution in [1.82, 2.24) is 9.80 Å². The molecule has 1 aliphatic heterocycles. The molecule has 1 amide bonds. The van der Waals surface area contributed by atoms with E-state index in [0.717, 1.165) is 57.9 Å². The quantitative estimate of drug-likeness (QED) is 0.809. The Morgan fingerprint density at radius 1 is 1.00 bits per heavy atom. The van der Waals surface area contributed by atoms with Crippen molar-refractivity contribution in [2.45, 2.75) is 57.4 Å². The first-order valence-corrected chi connectivity index (χ1v) is 8.88. The molecule has 1 saturated heterocycles. The van der Waals surface area contributed by atoms with E-state index < -0.39 is 5.41 Å². The third kappa shape index (κ3) is 2.82. The largest absolute Gasteiger partial charge is 0.392 e. The molecular formula is C16H27N3OS. The van der Waals surface area contributed by atoms with Crippen LogP contribution in [0.1, 0.15) is 51.4 Å². The summed E-state index contributed by atoms with van der Waals surface area (Å²) in [6, 6.07) is 0.762. The molecule has 2 saturated carbocycles. The first kappa shape index (κ1) is 15.2. The summed E-state index contributed by atoms with van der Waals surface area (Å²) in [5.74, 6) is 0.207. The molecule has 0 aromatic carbocycles. The minimum atomic E-state index is -0.523. The predicted octanol–water partition coefficient (Wildman–Crippen LogP) is 1.92. The van der Waals surface area contributed by atoms with Crippen molar-refractivity contribution < 1.29 is 4.79 Å². The first-order chi connectivity index (χ1) is 10.1. The normalized spacial score (nSPS) is 27.1. The molecule has 3 aliphatic rings. The Hall–Kier alpha value is -0.680. The lowest BCUT2D eigenvalue weighted by atomic mass is 9.84. The van der Waals surface area contributed by atoms with E-state index in [-0.39, 0.29) is 5.91 Å². The number of thiocarbonyl (C=S) groups is 1. The molecule has 0 spiro atoms. The van der Waals surface area contributed by atoms with E-state index in [0.29, 0.717) is 4.99 Å². The number of carbonyl (C=O) groups excluding carboxylic acids is 1. The predicted molar refractivity (Wildman–Crippen MR) is 88.1 cm³/mol. The van der Waals surface area contributed by atoms with E-state index in [9.17, 15) is 4.79 Å². The van der Waals surface area contributed by atoms with Gasteiger partial charge in [0.1, 0.15) is 0 Å². The number of hydrogen-bond donors (Lipinski definition) is 1. The Morgan fingerprint density at radius 3 is 2.10 bits per heavy atom. The van der Waals surface area contributed by atoms with Crippen molar-refractivity contribution in [3.05, 3.63) is 0 Å². The summed E-state index contributed by atoms with van der Waals surface area (Å²) in [5, 5.41) is 0. The van der Waals surface area contributed by atoms with Crippen molar-refractivity contribution in [3.8, 4) is 0 Å². The Bertz CT molecular complexity index is 406. The highest BCUT2D eigenvalue weighted by atomic mass is 32.1. The summed E-state index contributed by atoms with van der Waals surface area (Å²) < 4.78 is 0. The lowest BCUT2D eigenvalue weighted by Crippen LogP contribution is -2.56. The minimum Gasteiger partial charge on any atom is -0.392 e. The van der Waals surface area contributed by atoms with Crippen LogP contribution in [0.15, 0.2) is 0 Å². The highest BCUT2D eigenvalue weighted by Gasteiger charge is 2.46. The van der Waals surface area contributed by atoms with Crippen LogP contribution < -0.4 is 5.73 Å². The Kier molecular flexibility index (Phi) is 4.50. The molecule has 3 fully saturated rings. The standard InChI is InChI=1S/C16H27N3OS/c17-14(21)16(7-3-4-8-16)15(20)19-11-9-18(10-12-19)13-5-1-2-6-13/h13H,1-12H2,(H2,17,21). The summed E-state index contributed by atoms with van der Waals surface area (Å²) >= 11 is 5.24. The lowest BCUT2D eigenvalue weighted by molar-refractivity contribution is -0.140. The number of nitrogens with zero attached hydrogens (tertiary/aromatic N) is 2. The van der Waals surface area contributed by atoms with Gasteiger partial charge in [0.15, 0.2) is 0 Å². The topological polar surface area (TPSA) is 49.6 Å². The van der Waals surface area contributed by atoms with E-state index in [2.05, 4.69) is 4.90 Å². The van der Waals surface area contributed by atoms with E-state index in [1.807, 2.05) is 4.90 Å². The minimum absolute atomic E-state index is 0.207. The van der Waals surface area contributed by atoms with Gasteiger partial charge in [0.25, 0.3) is 0 Å². The maximum absolute atomic E-state index is 12.9. The molecule has 0 unspecified atom stereocenters. The fourth-order valence-electron chi connectivity index (χ4n) is 4.41. The molecule has 0 aromatic heterocycles. The van der Waals surface area contributed by atoms with Crippen LogP contribution in [-0.4, -0.2) is 52.9 Å². The summed E-state index contributed by atoms with van der Waals surface area (Å²) in [6.07, 6.45) is 9.27. The summed E-state index contributed by atoms with van der Waals surface area (Å²) in [4.78, 5) is 18.0. The molecule has 4 nitrogen and oxygen atoms in total. The highest BCUT2D eigenvalue weighted by Crippen LogP contribution is 2.40. The van der Waals surface area contributed by atoms with Gasteiger partial charge in [-0.15, -0.1) is 0 Å². The van der Waals surface area contributed by atoms with E-state index >= 15 is 0 Å². The van der Waals surface area contributed by atoms with Crippen molar-refractivity contribution in [1.29, 1.82) is 0 Å². The summed E-state index contributed by atoms with van der Waals surface area (Å²) in [6.45, 7) is 3.73. The number of nitrogens with two attached hydrogens (primary N) is 1. The van der Waals surface area contributed by atoms with Crippen molar-refractivity contribution in [2.24, 2.45) is 11.1 Å². The third-order valence-electron chi connectivity index (χ3n) is 5.78. The number of hydrogen-bond acceptors (Lipinski definition) is 3. The monoisotopic (exact) mass is 309 g/mol. The van der Waals surface area contributed by atoms with Crippen molar-refractivity contribution >= 4 is 23.1 Å². The van der Waals surface area contributed by atoms with Gasteiger partial charge in [-0.2, -0.15) is 0 Å². The van der Waals surface area contributed by atoms with Gasteiger partial charge >= 0.3 is 0 Å². The van der Waals surface area contributed by atoms with E-state index in [1.165, 1.54) is 25.7 Å². The van der Waals surface area contributed by atoms with Gasteiger partial charge in [0, 0.05) is 32.2 Å². The van der Waals surface area contributed by atoms with Crippen molar-refractivity contribution in [2.75, 3.05) is 26.2 Å². The van der Waals surface area contributed by atoms with E-state index in [1.54, 1.807) is 0 Å². The fraction of sp³-hybridized carbons (Fsp3) is 0.875. The second kappa shape index (κ2) is 6.21. The number of carbonyl (C=O) groups is 1. The zero-order valence-corrected chi connectivity index (χ0v) is 13.7. The second-order valence-electron chi connectivity index (χ2n) is 6.92. The molecule has 2 N–H and O–H groups in total. The molecule has 0 atom stereocenters. The Balaban J connectivity index is 1.60. The van der Waals surface area contributed by atoms with Gasteiger partial charge in [-0.25, -0.2) is 0 Å². The Labute approximate surface area is 133 Å². The highest BCUT2D eigenvalue weighted by molar-refractivity contribution is 7.80. The van der Waals surface area contributed by atoms with Gasteiger partial charge < -0.3 is 10.6 Å². The van der Waals surface area contributed by atoms with Crippen LogP contribution in [0, 0.1) is 5.41 Å². The molecular weight excluding hydrogens is 282 g/mol. The molecule has 0 bridgehead atoms. The SMILES string of the molecule is NC(=S)C1(C(=O)N2CCN(C3CCCC3)CC2)CCCC1. The van der Waals surface area contributed by atoms with Crippen LogP contribution in [0.3, 0.4) is 0 Å². The zero-order valence-electron chi connectivity index (χ0n) is 12.9. The number of amides is 1. The van der Waals surface area contributed by atoms with Crippen LogP contribution >= 0.6 is 12.2 Å². The Morgan fingerprint density at radius 2 is 1.57 bits per heavy atom. The van der Waals surface area contributed by atoms with Gasteiger partial charge in [-0.05, 0) is 25.7 Å². The molecule has 2 aliphatic carbocycles. The molecule has 21 heavy (non-hydrogen) atoms. The van der Waals surface area contributed by atoms with Crippen LogP contribution in [0.25, 0.3) is 0 Å². The number of rotatable bonds is 3. The van der Waals surface area contributed by atoms with Gasteiger partial charge in [0.05, 0.1) is 10.4 Å². The summed E-state index contributed by atoms with van der Waals surface area (Å²) in [7, 11) is 0. The fourth-order valence-corrected chi connectivity index (χ4v) is 4.70. The molecule has 3 rings (SSSR count). The van der Waals surface area contributed by atoms with Gasteiger partial charge in [0.2, 0.25) is 5.91 Å². The maximum atomic E-state index is 12.9. The molecule has 0 radical (unpaired) electrons. The lowest BCUT2D eigenvalue weighted by Gasteiger charge is -2.41.